The fourth-order valence-corrected chi connectivity index (χ4v) is 2.90. The molecule has 2 aromatic carbocycles. The van der Waals surface area contributed by atoms with Crippen molar-refractivity contribution in [3.63, 3.8) is 0 Å². The van der Waals surface area contributed by atoms with Crippen LogP contribution < -0.4 is 10.9 Å². The highest BCUT2D eigenvalue weighted by Crippen LogP contribution is 2.19. The molecule has 8 heteroatoms. The van der Waals surface area contributed by atoms with E-state index in [2.05, 4.69) is 26.0 Å². The predicted molar refractivity (Wildman–Crippen MR) is 107 cm³/mol. The molecule has 0 fully saturated rings. The third-order valence-corrected chi connectivity index (χ3v) is 4.48. The van der Waals surface area contributed by atoms with Crippen molar-refractivity contribution >= 4 is 22.7 Å². The van der Waals surface area contributed by atoms with Crippen molar-refractivity contribution in [2.24, 2.45) is 0 Å². The van der Waals surface area contributed by atoms with Crippen LogP contribution in [0.4, 0.5) is 0 Å². The molecule has 0 saturated heterocycles. The van der Waals surface area contributed by atoms with E-state index < -0.39 is 5.91 Å². The van der Waals surface area contributed by atoms with Gasteiger partial charge < -0.3 is 9.40 Å². The summed E-state index contributed by atoms with van der Waals surface area (Å²) < 4.78 is 5.60. The van der Waals surface area contributed by atoms with Gasteiger partial charge in [0.1, 0.15) is 0 Å². The number of fused-ring (bicyclic) bond motifs is 1. The smallest absolute Gasteiger partial charge is 0.271 e. The third-order valence-electron chi connectivity index (χ3n) is 4.48. The number of benzene rings is 2. The van der Waals surface area contributed by atoms with Gasteiger partial charge in [0.05, 0.1) is 5.56 Å². The number of rotatable bonds is 5. The second kappa shape index (κ2) is 7.97. The number of aryl methyl sites for hydroxylation is 2. The molecule has 0 aliphatic heterocycles. The average molecular weight is 389 g/mol. The van der Waals surface area contributed by atoms with E-state index in [4.69, 9.17) is 4.42 Å². The zero-order valence-corrected chi connectivity index (χ0v) is 15.7. The van der Waals surface area contributed by atoms with Gasteiger partial charge in [0.15, 0.2) is 0 Å². The lowest BCUT2D eigenvalue weighted by molar-refractivity contribution is -0.121. The number of carbonyl (C=O) groups is 2. The first-order chi connectivity index (χ1) is 14.1. The number of aromatic nitrogens is 3. The van der Waals surface area contributed by atoms with Crippen molar-refractivity contribution in [1.29, 1.82) is 0 Å². The number of amides is 2. The van der Waals surface area contributed by atoms with Crippen LogP contribution in [0.15, 0.2) is 59.1 Å². The second-order valence-corrected chi connectivity index (χ2v) is 6.62. The van der Waals surface area contributed by atoms with Gasteiger partial charge in [0.2, 0.25) is 17.7 Å². The maximum absolute atomic E-state index is 12.3. The lowest BCUT2D eigenvalue weighted by Gasteiger charge is -2.06. The molecule has 0 aliphatic rings. The number of H-pyrrole nitrogens is 1. The molecular weight excluding hydrogens is 370 g/mol. The van der Waals surface area contributed by atoms with Gasteiger partial charge in [0.25, 0.3) is 5.91 Å². The van der Waals surface area contributed by atoms with Crippen molar-refractivity contribution in [2.75, 3.05) is 0 Å². The van der Waals surface area contributed by atoms with Gasteiger partial charge in [-0.1, -0.05) is 35.9 Å². The van der Waals surface area contributed by atoms with Crippen LogP contribution >= 0.6 is 0 Å². The van der Waals surface area contributed by atoms with E-state index in [-0.39, 0.29) is 18.7 Å². The Morgan fingerprint density at radius 3 is 2.66 bits per heavy atom. The van der Waals surface area contributed by atoms with E-state index in [0.717, 1.165) is 22.0 Å². The second-order valence-electron chi connectivity index (χ2n) is 6.62. The Balaban J connectivity index is 1.29. The Hall–Kier alpha value is -3.94. The molecule has 0 spiro atoms. The lowest BCUT2D eigenvalue weighted by atomic mass is 10.1. The zero-order chi connectivity index (χ0) is 20.2. The fourth-order valence-electron chi connectivity index (χ4n) is 2.90. The molecule has 0 aliphatic carbocycles. The van der Waals surface area contributed by atoms with Crippen LogP contribution in [-0.4, -0.2) is 27.0 Å². The molecule has 2 amide bonds. The SMILES string of the molecule is Cc1ccc(-c2nnc(CCC(=O)NNC(=O)c3c[nH]c4ccccc34)o2)cc1. The van der Waals surface area contributed by atoms with Gasteiger partial charge in [-0.3, -0.25) is 20.4 Å². The molecule has 146 valence electrons. The van der Waals surface area contributed by atoms with Gasteiger partial charge in [-0.2, -0.15) is 0 Å². The van der Waals surface area contributed by atoms with Crippen molar-refractivity contribution in [3.05, 3.63) is 71.7 Å². The van der Waals surface area contributed by atoms with Crippen molar-refractivity contribution in [2.45, 2.75) is 19.8 Å². The quantitative estimate of drug-likeness (QED) is 0.454. The Labute approximate surface area is 166 Å². The van der Waals surface area contributed by atoms with E-state index in [1.165, 1.54) is 0 Å². The van der Waals surface area contributed by atoms with E-state index >= 15 is 0 Å². The Morgan fingerprint density at radius 2 is 1.83 bits per heavy atom. The normalized spacial score (nSPS) is 10.8. The highest BCUT2D eigenvalue weighted by Gasteiger charge is 2.14. The summed E-state index contributed by atoms with van der Waals surface area (Å²) in [6, 6.07) is 15.2. The van der Waals surface area contributed by atoms with Crippen LogP contribution in [0.1, 0.15) is 28.2 Å². The molecule has 3 N–H and O–H groups in total. The minimum Gasteiger partial charge on any atom is -0.421 e. The molecule has 0 radical (unpaired) electrons. The molecule has 29 heavy (non-hydrogen) atoms. The molecular formula is C21H19N5O3. The maximum Gasteiger partial charge on any atom is 0.271 e. The standard InChI is InChI=1S/C21H19N5O3/c1-13-6-8-14(9-7-13)21-26-24-19(29-21)11-10-18(27)23-25-20(28)16-12-22-17-5-3-2-4-15(16)17/h2-9,12,22H,10-11H2,1H3,(H,23,27)(H,25,28). The monoisotopic (exact) mass is 389 g/mol. The first-order valence-electron chi connectivity index (χ1n) is 9.15. The summed E-state index contributed by atoms with van der Waals surface area (Å²) in [4.78, 5) is 27.4. The summed E-state index contributed by atoms with van der Waals surface area (Å²) in [7, 11) is 0. The summed E-state index contributed by atoms with van der Waals surface area (Å²) in [5.74, 6) is 0.0234. The van der Waals surface area contributed by atoms with E-state index in [9.17, 15) is 9.59 Å². The summed E-state index contributed by atoms with van der Waals surface area (Å²) in [6.45, 7) is 2.00. The van der Waals surface area contributed by atoms with Crippen LogP contribution in [0.3, 0.4) is 0 Å². The van der Waals surface area contributed by atoms with Gasteiger partial charge in [-0.15, -0.1) is 10.2 Å². The van der Waals surface area contributed by atoms with E-state index in [0.29, 0.717) is 17.3 Å². The Bertz CT molecular complexity index is 1160. The molecule has 0 bridgehead atoms. The van der Waals surface area contributed by atoms with Gasteiger partial charge in [-0.05, 0) is 25.1 Å². The van der Waals surface area contributed by atoms with Crippen LogP contribution in [0.5, 0.6) is 0 Å². The van der Waals surface area contributed by atoms with Crippen LogP contribution in [-0.2, 0) is 11.2 Å². The first-order valence-corrected chi connectivity index (χ1v) is 9.15. The fraction of sp³-hybridized carbons (Fsp3) is 0.143. The van der Waals surface area contributed by atoms with Crippen LogP contribution in [0.2, 0.25) is 0 Å². The number of para-hydroxylation sites is 1. The number of nitrogens with zero attached hydrogens (tertiary/aromatic N) is 2. The average Bonchev–Trinajstić information content (AvgIpc) is 3.38. The summed E-state index contributed by atoms with van der Waals surface area (Å²) in [5.41, 5.74) is 8.11. The molecule has 4 aromatic rings. The molecule has 0 unspecified atom stereocenters. The van der Waals surface area contributed by atoms with Crippen molar-refractivity contribution in [1.82, 2.24) is 26.0 Å². The molecule has 4 rings (SSSR count). The molecule has 2 heterocycles. The summed E-state index contributed by atoms with van der Waals surface area (Å²) >= 11 is 0. The zero-order valence-electron chi connectivity index (χ0n) is 15.7. The summed E-state index contributed by atoms with van der Waals surface area (Å²) in [6.07, 6.45) is 1.98. The third kappa shape index (κ3) is 4.16. The first kappa shape index (κ1) is 18.4. The minimum atomic E-state index is -0.393. The minimum absolute atomic E-state index is 0.101. The number of hydrogen-bond acceptors (Lipinski definition) is 5. The number of nitrogens with one attached hydrogen (secondary N) is 3. The molecule has 0 atom stereocenters. The Kier molecular flexibility index (Phi) is 5.07. The summed E-state index contributed by atoms with van der Waals surface area (Å²) in [5, 5.41) is 8.76. The van der Waals surface area contributed by atoms with E-state index in [1.807, 2.05) is 55.5 Å². The maximum atomic E-state index is 12.3. The number of carbonyl (C=O) groups excluding carboxylic acids is 2. The molecule has 8 nitrogen and oxygen atoms in total. The highest BCUT2D eigenvalue weighted by atomic mass is 16.4. The highest BCUT2D eigenvalue weighted by molar-refractivity contribution is 6.07. The van der Waals surface area contributed by atoms with Crippen LogP contribution in [0, 0.1) is 6.92 Å². The molecule has 2 aromatic heterocycles. The number of aromatic amines is 1. The topological polar surface area (TPSA) is 113 Å². The molecule has 0 saturated carbocycles. The van der Waals surface area contributed by atoms with Gasteiger partial charge >= 0.3 is 0 Å². The number of hydrazine groups is 1. The number of hydrogen-bond donors (Lipinski definition) is 3. The van der Waals surface area contributed by atoms with Crippen molar-refractivity contribution in [3.8, 4) is 11.5 Å². The Morgan fingerprint density at radius 1 is 1.03 bits per heavy atom. The van der Waals surface area contributed by atoms with Gasteiger partial charge in [0, 0.05) is 35.5 Å². The largest absolute Gasteiger partial charge is 0.421 e. The van der Waals surface area contributed by atoms with Gasteiger partial charge in [-0.25, -0.2) is 0 Å². The van der Waals surface area contributed by atoms with Crippen LogP contribution in [0.25, 0.3) is 22.4 Å². The van der Waals surface area contributed by atoms with Crippen molar-refractivity contribution < 1.29 is 14.0 Å². The predicted octanol–water partition coefficient (Wildman–Crippen LogP) is 2.92. The van der Waals surface area contributed by atoms with E-state index in [1.54, 1.807) is 6.20 Å². The lowest BCUT2D eigenvalue weighted by Crippen LogP contribution is -2.41.